The first kappa shape index (κ1) is 21.2. The molecule has 1 aliphatic carbocycles. The maximum atomic E-state index is 12.3. The van der Waals surface area contributed by atoms with Crippen molar-refractivity contribution in [2.45, 2.75) is 32.2 Å². The Morgan fingerprint density at radius 3 is 2.97 bits per heavy atom. The first-order chi connectivity index (χ1) is 16.1. The number of fused-ring (bicyclic) bond motifs is 2. The van der Waals surface area contributed by atoms with Crippen LogP contribution in [-0.2, 0) is 9.53 Å². The molecule has 1 fully saturated rings. The summed E-state index contributed by atoms with van der Waals surface area (Å²) in [4.78, 5) is 26.0. The number of rotatable bonds is 7. The van der Waals surface area contributed by atoms with Gasteiger partial charge in [0, 0.05) is 36.7 Å². The molecule has 0 radical (unpaired) electrons. The number of methoxy groups -OCH3 is 1. The number of carbonyl (C=O) groups is 1. The van der Waals surface area contributed by atoms with Crippen molar-refractivity contribution in [3.8, 4) is 5.69 Å². The molecule has 0 aliphatic heterocycles. The maximum absolute atomic E-state index is 12.3. The first-order valence-corrected chi connectivity index (χ1v) is 11.1. The second-order valence-electron chi connectivity index (χ2n) is 8.37. The molecule has 1 aromatic carbocycles. The Kier molecular flexibility index (Phi) is 5.82. The Hall–Kier alpha value is -3.66. The van der Waals surface area contributed by atoms with Gasteiger partial charge in [0.05, 0.1) is 24.0 Å². The molecule has 5 rings (SSSR count). The predicted octanol–water partition coefficient (Wildman–Crippen LogP) is 2.41. The van der Waals surface area contributed by atoms with Gasteiger partial charge < -0.3 is 15.4 Å². The van der Waals surface area contributed by atoms with Gasteiger partial charge in [-0.2, -0.15) is 9.67 Å². The molecule has 3 heterocycles. The summed E-state index contributed by atoms with van der Waals surface area (Å²) >= 11 is 0. The fourth-order valence-electron chi connectivity index (χ4n) is 4.27. The molecule has 1 amide bonds. The van der Waals surface area contributed by atoms with Crippen LogP contribution in [0.15, 0.2) is 36.5 Å². The van der Waals surface area contributed by atoms with Gasteiger partial charge in [-0.25, -0.2) is 4.98 Å². The van der Waals surface area contributed by atoms with E-state index in [-0.39, 0.29) is 17.9 Å². The fourth-order valence-corrected chi connectivity index (χ4v) is 4.27. The molecule has 0 saturated heterocycles. The highest BCUT2D eigenvalue weighted by Crippen LogP contribution is 2.28. The molecule has 1 aliphatic rings. The molecule has 2 atom stereocenters. The summed E-state index contributed by atoms with van der Waals surface area (Å²) in [6, 6.07) is 10.1. The van der Waals surface area contributed by atoms with E-state index in [9.17, 15) is 4.79 Å². The molecule has 4 aromatic rings. The van der Waals surface area contributed by atoms with Crippen LogP contribution in [0.25, 0.3) is 27.8 Å². The van der Waals surface area contributed by atoms with Crippen LogP contribution in [0.5, 0.6) is 0 Å². The van der Waals surface area contributed by atoms with Crippen LogP contribution in [-0.4, -0.2) is 62.2 Å². The van der Waals surface area contributed by atoms with Gasteiger partial charge in [-0.05, 0) is 50.5 Å². The van der Waals surface area contributed by atoms with Crippen molar-refractivity contribution in [2.75, 3.05) is 25.6 Å². The van der Waals surface area contributed by atoms with Crippen LogP contribution in [0, 0.1) is 12.8 Å². The van der Waals surface area contributed by atoms with Gasteiger partial charge in [0.1, 0.15) is 0 Å². The number of aryl methyl sites for hydroxylation is 1. The van der Waals surface area contributed by atoms with E-state index in [1.54, 1.807) is 18.0 Å². The number of aromatic nitrogens is 6. The van der Waals surface area contributed by atoms with Crippen molar-refractivity contribution in [1.82, 2.24) is 35.3 Å². The number of hydrogen-bond acceptors (Lipinski definition) is 8. The molecule has 10 nitrogen and oxygen atoms in total. The number of ether oxygens (including phenoxy) is 1. The molecular weight excluding hydrogens is 420 g/mol. The summed E-state index contributed by atoms with van der Waals surface area (Å²) in [6.45, 7) is 3.03. The molecule has 10 heteroatoms. The lowest BCUT2D eigenvalue weighted by Gasteiger charge is -2.13. The van der Waals surface area contributed by atoms with Gasteiger partial charge in [0.25, 0.3) is 0 Å². The van der Waals surface area contributed by atoms with Gasteiger partial charge in [0.15, 0.2) is 11.2 Å². The average Bonchev–Trinajstić information content (AvgIpc) is 3.46. The van der Waals surface area contributed by atoms with E-state index in [0.717, 1.165) is 41.5 Å². The zero-order valence-corrected chi connectivity index (χ0v) is 18.7. The number of nitrogens with zero attached hydrogens (tertiary/aromatic N) is 6. The summed E-state index contributed by atoms with van der Waals surface area (Å²) in [5.41, 5.74) is 4.01. The summed E-state index contributed by atoms with van der Waals surface area (Å²) in [5, 5.41) is 15.8. The van der Waals surface area contributed by atoms with Crippen LogP contribution < -0.4 is 10.6 Å². The van der Waals surface area contributed by atoms with E-state index >= 15 is 0 Å². The molecule has 0 spiro atoms. The first-order valence-electron chi connectivity index (χ1n) is 11.1. The third-order valence-electron chi connectivity index (χ3n) is 5.99. The lowest BCUT2D eigenvalue weighted by atomic mass is 10.1. The van der Waals surface area contributed by atoms with E-state index in [1.807, 2.05) is 37.3 Å². The summed E-state index contributed by atoms with van der Waals surface area (Å²) in [6.07, 6.45) is 4.14. The Balaban J connectivity index is 1.33. The van der Waals surface area contributed by atoms with E-state index in [4.69, 9.17) is 4.74 Å². The van der Waals surface area contributed by atoms with Crippen LogP contribution in [0.3, 0.4) is 0 Å². The molecule has 0 bridgehead atoms. The van der Waals surface area contributed by atoms with E-state index < -0.39 is 0 Å². The second-order valence-corrected chi connectivity index (χ2v) is 8.37. The molecule has 2 N–H and O–H groups in total. The number of nitrogens with one attached hydrogen (secondary N) is 2. The quantitative estimate of drug-likeness (QED) is 0.415. The van der Waals surface area contributed by atoms with Gasteiger partial charge >= 0.3 is 0 Å². The van der Waals surface area contributed by atoms with Crippen molar-refractivity contribution < 1.29 is 9.53 Å². The molecule has 0 unspecified atom stereocenters. The van der Waals surface area contributed by atoms with Crippen molar-refractivity contribution >= 4 is 33.9 Å². The third-order valence-corrected chi connectivity index (χ3v) is 5.99. The molecule has 3 aromatic heterocycles. The zero-order valence-electron chi connectivity index (χ0n) is 18.7. The van der Waals surface area contributed by atoms with Gasteiger partial charge in [-0.1, -0.05) is 11.3 Å². The molecule has 1 saturated carbocycles. The molecule has 33 heavy (non-hydrogen) atoms. The van der Waals surface area contributed by atoms with Crippen molar-refractivity contribution in [2.24, 2.45) is 5.92 Å². The zero-order chi connectivity index (χ0) is 22.8. The predicted molar refractivity (Wildman–Crippen MR) is 124 cm³/mol. The number of hydrogen-bond donors (Lipinski definition) is 2. The average molecular weight is 447 g/mol. The minimum absolute atomic E-state index is 0.00914. The van der Waals surface area contributed by atoms with Crippen molar-refractivity contribution in [1.29, 1.82) is 0 Å². The Bertz CT molecular complexity index is 1300. The van der Waals surface area contributed by atoms with Crippen molar-refractivity contribution in [3.05, 3.63) is 42.2 Å². The van der Waals surface area contributed by atoms with Crippen LogP contribution in [0.4, 0.5) is 5.95 Å². The fraction of sp³-hybridized carbons (Fsp3) is 0.391. The second kappa shape index (κ2) is 9.07. The van der Waals surface area contributed by atoms with E-state index in [0.29, 0.717) is 30.3 Å². The summed E-state index contributed by atoms with van der Waals surface area (Å²) < 4.78 is 6.70. The minimum atomic E-state index is -0.00914. The van der Waals surface area contributed by atoms with Crippen LogP contribution in [0.2, 0.25) is 0 Å². The number of amides is 1. The number of carbonyl (C=O) groups excluding carboxylic acids is 1. The SMILES string of the molecule is COCCNC(=O)[C@@H]1CC[C@@H](Nc2ncc3nnn(-c4ccc5nc(C)ccc5c4)c3n2)C1. The normalized spacial score (nSPS) is 18.1. The smallest absolute Gasteiger partial charge is 0.225 e. The summed E-state index contributed by atoms with van der Waals surface area (Å²) in [5.74, 6) is 0.579. The number of benzene rings is 1. The largest absolute Gasteiger partial charge is 0.383 e. The minimum Gasteiger partial charge on any atom is -0.383 e. The van der Waals surface area contributed by atoms with E-state index in [2.05, 4.69) is 35.9 Å². The van der Waals surface area contributed by atoms with Gasteiger partial charge in [-0.3, -0.25) is 9.78 Å². The Morgan fingerprint density at radius 2 is 2.09 bits per heavy atom. The van der Waals surface area contributed by atoms with Crippen LogP contribution in [0.1, 0.15) is 25.0 Å². The third kappa shape index (κ3) is 4.47. The maximum Gasteiger partial charge on any atom is 0.225 e. The standard InChI is InChI=1S/C23H26N8O2/c1-14-3-4-15-12-18(7-8-19(15)26-14)31-21-20(29-30-31)13-25-23(28-21)27-17-6-5-16(11-17)22(32)24-9-10-33-2/h3-4,7-8,12-13,16-17H,5-6,9-11H2,1-2H3,(H,24,32)(H,25,27,28)/t16-,17-/m1/s1. The number of anilines is 1. The molecular formula is C23H26N8O2. The van der Waals surface area contributed by atoms with Gasteiger partial charge in [0.2, 0.25) is 11.9 Å². The summed E-state index contributed by atoms with van der Waals surface area (Å²) in [7, 11) is 1.62. The Morgan fingerprint density at radius 1 is 1.18 bits per heavy atom. The highest BCUT2D eigenvalue weighted by atomic mass is 16.5. The van der Waals surface area contributed by atoms with Gasteiger partial charge in [-0.15, -0.1) is 5.10 Å². The lowest BCUT2D eigenvalue weighted by Crippen LogP contribution is -2.32. The van der Waals surface area contributed by atoms with Crippen molar-refractivity contribution in [3.63, 3.8) is 0 Å². The lowest BCUT2D eigenvalue weighted by molar-refractivity contribution is -0.125. The monoisotopic (exact) mass is 446 g/mol. The van der Waals surface area contributed by atoms with Crippen LogP contribution >= 0.6 is 0 Å². The highest BCUT2D eigenvalue weighted by molar-refractivity contribution is 5.82. The highest BCUT2D eigenvalue weighted by Gasteiger charge is 2.30. The molecule has 170 valence electrons. The van der Waals surface area contributed by atoms with E-state index in [1.165, 1.54) is 0 Å². The Labute approximate surface area is 190 Å². The topological polar surface area (TPSA) is 120 Å². The number of pyridine rings is 1.